The first-order valence-corrected chi connectivity index (χ1v) is 7.77. The molecular weight excluding hydrogens is 300 g/mol. The third-order valence-electron chi connectivity index (χ3n) is 3.96. The normalized spacial score (nSPS) is 16.1. The number of rotatable bonds is 5. The molecular formula is C18H17ClO3. The number of ether oxygens (including phenoxy) is 1. The Labute approximate surface area is 134 Å². The highest BCUT2D eigenvalue weighted by atomic mass is 35.5. The van der Waals surface area contributed by atoms with Gasteiger partial charge in [-0.25, -0.2) is 4.79 Å². The first kappa shape index (κ1) is 14.9. The molecule has 0 radical (unpaired) electrons. The summed E-state index contributed by atoms with van der Waals surface area (Å²) in [6.07, 6.45) is 3.88. The molecule has 0 spiro atoms. The minimum Gasteiger partial charge on any atom is -0.490 e. The van der Waals surface area contributed by atoms with E-state index in [1.54, 1.807) is 12.1 Å². The van der Waals surface area contributed by atoms with Crippen LogP contribution in [0.4, 0.5) is 0 Å². The molecule has 1 heterocycles. The molecule has 3 rings (SSSR count). The molecule has 3 nitrogen and oxygen atoms in total. The summed E-state index contributed by atoms with van der Waals surface area (Å²) in [6.45, 7) is 0. The van der Waals surface area contributed by atoms with Crippen molar-refractivity contribution in [1.82, 2.24) is 0 Å². The molecule has 1 atom stereocenters. The predicted octanol–water partition coefficient (Wildman–Crippen LogP) is 4.36. The Morgan fingerprint density at radius 3 is 2.77 bits per heavy atom. The van der Waals surface area contributed by atoms with Gasteiger partial charge in [0.1, 0.15) is 11.9 Å². The van der Waals surface area contributed by atoms with Gasteiger partial charge in [-0.15, -0.1) is 0 Å². The van der Waals surface area contributed by atoms with Crippen molar-refractivity contribution in [1.29, 1.82) is 0 Å². The molecule has 114 valence electrons. The molecule has 0 fully saturated rings. The molecule has 1 N–H and O–H groups in total. The summed E-state index contributed by atoms with van der Waals surface area (Å²) in [6, 6.07) is 13.6. The molecule has 0 amide bonds. The van der Waals surface area contributed by atoms with Gasteiger partial charge in [0, 0.05) is 6.42 Å². The van der Waals surface area contributed by atoms with E-state index in [0.717, 1.165) is 37.0 Å². The molecule has 0 bridgehead atoms. The van der Waals surface area contributed by atoms with Gasteiger partial charge in [0.15, 0.2) is 0 Å². The van der Waals surface area contributed by atoms with Gasteiger partial charge in [0.25, 0.3) is 0 Å². The van der Waals surface area contributed by atoms with Crippen molar-refractivity contribution in [3.05, 3.63) is 64.2 Å². The SMILES string of the molecule is O=C(O)c1cc2c(cc1Cl)OC(CCCc1ccccc1)C2. The van der Waals surface area contributed by atoms with Crippen molar-refractivity contribution in [3.8, 4) is 5.75 Å². The molecule has 4 heteroatoms. The summed E-state index contributed by atoms with van der Waals surface area (Å²) >= 11 is 5.97. The fourth-order valence-corrected chi connectivity index (χ4v) is 3.07. The maximum Gasteiger partial charge on any atom is 0.337 e. The third-order valence-corrected chi connectivity index (χ3v) is 4.27. The molecule has 0 saturated carbocycles. The lowest BCUT2D eigenvalue weighted by Crippen LogP contribution is -2.12. The Hall–Kier alpha value is -2.00. The van der Waals surface area contributed by atoms with Gasteiger partial charge in [-0.3, -0.25) is 0 Å². The zero-order valence-corrected chi connectivity index (χ0v) is 12.8. The lowest BCUT2D eigenvalue weighted by atomic mass is 10.0. The minimum absolute atomic E-state index is 0.110. The van der Waals surface area contributed by atoms with Gasteiger partial charge in [-0.05, 0) is 42.5 Å². The maximum absolute atomic E-state index is 11.1. The summed E-state index contributed by atoms with van der Waals surface area (Å²) in [7, 11) is 0. The van der Waals surface area contributed by atoms with E-state index in [-0.39, 0.29) is 16.7 Å². The number of hydrogen-bond donors (Lipinski definition) is 1. The third kappa shape index (κ3) is 3.25. The maximum atomic E-state index is 11.1. The van der Waals surface area contributed by atoms with Gasteiger partial charge >= 0.3 is 5.97 Å². The average Bonchev–Trinajstić information content (AvgIpc) is 2.89. The van der Waals surface area contributed by atoms with Crippen molar-refractivity contribution >= 4 is 17.6 Å². The Morgan fingerprint density at radius 2 is 2.05 bits per heavy atom. The Bertz CT molecular complexity index is 682. The second kappa shape index (κ2) is 6.41. The zero-order valence-electron chi connectivity index (χ0n) is 12.1. The molecule has 1 aliphatic rings. The Morgan fingerprint density at radius 1 is 1.27 bits per heavy atom. The van der Waals surface area contributed by atoms with E-state index in [1.165, 1.54) is 5.56 Å². The number of benzene rings is 2. The average molecular weight is 317 g/mol. The van der Waals surface area contributed by atoms with E-state index in [0.29, 0.717) is 0 Å². The van der Waals surface area contributed by atoms with E-state index >= 15 is 0 Å². The van der Waals surface area contributed by atoms with Crippen molar-refractivity contribution in [3.63, 3.8) is 0 Å². The first-order valence-electron chi connectivity index (χ1n) is 7.40. The summed E-state index contributed by atoms with van der Waals surface area (Å²) in [5.41, 5.74) is 2.41. The molecule has 0 aliphatic carbocycles. The number of carboxylic acids is 1. The fraction of sp³-hybridized carbons (Fsp3) is 0.278. The van der Waals surface area contributed by atoms with Gasteiger partial charge in [-0.1, -0.05) is 41.9 Å². The number of fused-ring (bicyclic) bond motifs is 1. The van der Waals surface area contributed by atoms with Crippen LogP contribution in [-0.4, -0.2) is 17.2 Å². The monoisotopic (exact) mass is 316 g/mol. The van der Waals surface area contributed by atoms with Crippen molar-refractivity contribution in [2.45, 2.75) is 31.8 Å². The highest BCUT2D eigenvalue weighted by molar-refractivity contribution is 6.33. The quantitative estimate of drug-likeness (QED) is 0.891. The van der Waals surface area contributed by atoms with E-state index < -0.39 is 5.97 Å². The molecule has 0 aromatic heterocycles. The van der Waals surface area contributed by atoms with E-state index in [1.807, 2.05) is 18.2 Å². The highest BCUT2D eigenvalue weighted by Crippen LogP contribution is 2.35. The van der Waals surface area contributed by atoms with E-state index in [9.17, 15) is 4.79 Å². The standard InChI is InChI=1S/C18H17ClO3/c19-16-11-17-13(10-15(16)18(20)21)9-14(22-17)8-4-7-12-5-2-1-3-6-12/h1-3,5-6,10-11,14H,4,7-9H2,(H,20,21). The number of halogens is 1. The van der Waals surface area contributed by atoms with Crippen LogP contribution >= 0.6 is 11.6 Å². The number of hydrogen-bond acceptors (Lipinski definition) is 2. The molecule has 2 aromatic rings. The summed E-state index contributed by atoms with van der Waals surface area (Å²) in [5.74, 6) is -0.278. The van der Waals surface area contributed by atoms with Crippen molar-refractivity contribution in [2.24, 2.45) is 0 Å². The second-order valence-corrected chi connectivity index (χ2v) is 5.97. The number of carboxylic acid groups (broad SMARTS) is 1. The lowest BCUT2D eigenvalue weighted by molar-refractivity contribution is 0.0697. The van der Waals surface area contributed by atoms with Crippen LogP contribution in [0.5, 0.6) is 5.75 Å². The molecule has 22 heavy (non-hydrogen) atoms. The minimum atomic E-state index is -1.000. The fourth-order valence-electron chi connectivity index (χ4n) is 2.84. The van der Waals surface area contributed by atoms with Crippen molar-refractivity contribution < 1.29 is 14.6 Å². The van der Waals surface area contributed by atoms with Crippen LogP contribution in [0, 0.1) is 0 Å². The number of aryl methyl sites for hydroxylation is 1. The van der Waals surface area contributed by atoms with Crippen LogP contribution in [0.25, 0.3) is 0 Å². The smallest absolute Gasteiger partial charge is 0.337 e. The molecule has 1 unspecified atom stereocenters. The van der Waals surface area contributed by atoms with Crippen LogP contribution in [0.2, 0.25) is 5.02 Å². The number of carbonyl (C=O) groups is 1. The molecule has 2 aromatic carbocycles. The molecule has 1 aliphatic heterocycles. The Kier molecular flexibility index (Phi) is 4.34. The van der Waals surface area contributed by atoms with Crippen LogP contribution < -0.4 is 4.74 Å². The van der Waals surface area contributed by atoms with Crippen LogP contribution in [0.3, 0.4) is 0 Å². The van der Waals surface area contributed by atoms with Crippen LogP contribution in [0.1, 0.15) is 34.3 Å². The van der Waals surface area contributed by atoms with Crippen LogP contribution in [0.15, 0.2) is 42.5 Å². The van der Waals surface area contributed by atoms with Gasteiger partial charge < -0.3 is 9.84 Å². The van der Waals surface area contributed by atoms with E-state index in [4.69, 9.17) is 21.4 Å². The highest BCUT2D eigenvalue weighted by Gasteiger charge is 2.25. The molecule has 0 saturated heterocycles. The topological polar surface area (TPSA) is 46.5 Å². The lowest BCUT2D eigenvalue weighted by Gasteiger charge is -2.10. The van der Waals surface area contributed by atoms with Gasteiger partial charge in [-0.2, -0.15) is 0 Å². The van der Waals surface area contributed by atoms with Crippen LogP contribution in [-0.2, 0) is 12.8 Å². The summed E-state index contributed by atoms with van der Waals surface area (Å²) < 4.78 is 5.88. The summed E-state index contributed by atoms with van der Waals surface area (Å²) in [4.78, 5) is 11.1. The zero-order chi connectivity index (χ0) is 15.5. The van der Waals surface area contributed by atoms with Crippen molar-refractivity contribution in [2.75, 3.05) is 0 Å². The number of aromatic carboxylic acids is 1. The summed E-state index contributed by atoms with van der Waals surface area (Å²) in [5, 5.41) is 9.34. The Balaban J connectivity index is 1.59. The van der Waals surface area contributed by atoms with Gasteiger partial charge in [0.05, 0.1) is 10.6 Å². The van der Waals surface area contributed by atoms with Gasteiger partial charge in [0.2, 0.25) is 0 Å². The second-order valence-electron chi connectivity index (χ2n) is 5.57. The first-order chi connectivity index (χ1) is 10.6. The largest absolute Gasteiger partial charge is 0.490 e. The van der Waals surface area contributed by atoms with E-state index in [2.05, 4.69) is 12.1 Å². The predicted molar refractivity (Wildman–Crippen MR) is 85.9 cm³/mol.